The summed E-state index contributed by atoms with van der Waals surface area (Å²) in [7, 11) is 4.02. The number of benzene rings is 1. The quantitative estimate of drug-likeness (QED) is 0.681. The molecule has 1 saturated carbocycles. The van der Waals surface area contributed by atoms with Gasteiger partial charge in [0, 0.05) is 30.0 Å². The van der Waals surface area contributed by atoms with E-state index < -0.39 is 16.8 Å². The fourth-order valence-electron chi connectivity index (χ4n) is 9.09. The maximum atomic E-state index is 11.9. The van der Waals surface area contributed by atoms with Crippen LogP contribution in [0.5, 0.6) is 11.5 Å². The minimum Gasteiger partial charge on any atom is -0.504 e. The van der Waals surface area contributed by atoms with E-state index in [2.05, 4.69) is 44.0 Å². The highest BCUT2D eigenvalue weighted by atomic mass is 16.6. The number of piperidine rings is 1. The van der Waals surface area contributed by atoms with Gasteiger partial charge in [0.2, 0.25) is 0 Å². The molecular formula is C27H37NO4. The molecule has 4 bridgehead atoms. The standard InChI is InChI=1S/C27H37NO4/c1-6-7-10-23(2,30)19-16-25-11-12-27(19,31-5)24(3)26(25)13-14-28(4)20(25)15-17-8-9-18(29)22(32-24)21(17)26/h8-9,11-12,19-20,29-30H,6-7,10,13-16H2,1-5H3/t19-,20+,23-,24-,25+,26-,27+/m0/s1. The molecule has 32 heavy (non-hydrogen) atoms. The van der Waals surface area contributed by atoms with E-state index in [-0.39, 0.29) is 22.5 Å². The molecule has 7 atom stereocenters. The van der Waals surface area contributed by atoms with Crippen molar-refractivity contribution in [2.75, 3.05) is 20.7 Å². The van der Waals surface area contributed by atoms with Crippen LogP contribution in [-0.4, -0.2) is 58.7 Å². The normalized spacial score (nSPS) is 44.8. The second kappa shape index (κ2) is 6.11. The van der Waals surface area contributed by atoms with Gasteiger partial charge >= 0.3 is 0 Å². The lowest BCUT2D eigenvalue weighted by Crippen LogP contribution is -2.85. The zero-order chi connectivity index (χ0) is 22.7. The van der Waals surface area contributed by atoms with E-state index in [1.807, 2.05) is 6.92 Å². The summed E-state index contributed by atoms with van der Waals surface area (Å²) in [5, 5.41) is 22.8. The number of unbranched alkanes of at least 4 members (excludes halogenated alkanes) is 1. The fraction of sp³-hybridized carbons (Fsp3) is 0.704. The first kappa shape index (κ1) is 21.0. The van der Waals surface area contributed by atoms with Crippen LogP contribution in [0.25, 0.3) is 0 Å². The van der Waals surface area contributed by atoms with Crippen LogP contribution in [-0.2, 0) is 16.6 Å². The lowest BCUT2D eigenvalue weighted by Gasteiger charge is -2.75. The van der Waals surface area contributed by atoms with E-state index in [9.17, 15) is 10.2 Å². The van der Waals surface area contributed by atoms with Gasteiger partial charge in [-0.15, -0.1) is 0 Å². The number of ether oxygens (including phenoxy) is 2. The number of aromatic hydroxyl groups is 1. The van der Waals surface area contributed by atoms with Crippen LogP contribution in [0.3, 0.4) is 0 Å². The zero-order valence-electron chi connectivity index (χ0n) is 20.1. The van der Waals surface area contributed by atoms with Crippen molar-refractivity contribution in [2.45, 2.75) is 87.6 Å². The number of hydrogen-bond donors (Lipinski definition) is 2. The van der Waals surface area contributed by atoms with E-state index in [1.54, 1.807) is 13.2 Å². The van der Waals surface area contributed by atoms with Crippen LogP contribution in [0.1, 0.15) is 64.0 Å². The SMILES string of the molecule is CCCC[C@](C)(O)[C@@H]1C[C@@]23C=C[C@]1(OC)[C@@]1(C)Oc4c(O)ccc5c4[C@@]12CCN(C)[C@@H]3C5. The smallest absolute Gasteiger partial charge is 0.166 e. The van der Waals surface area contributed by atoms with Crippen LogP contribution in [0.2, 0.25) is 0 Å². The molecule has 0 aromatic heterocycles. The van der Waals surface area contributed by atoms with Gasteiger partial charge in [-0.25, -0.2) is 0 Å². The van der Waals surface area contributed by atoms with Crippen molar-refractivity contribution in [3.05, 3.63) is 35.4 Å². The average Bonchev–Trinajstić information content (AvgIpc) is 3.07. The first-order chi connectivity index (χ1) is 15.1. The molecule has 174 valence electrons. The number of likely N-dealkylation sites (N-methyl/N-ethyl adjacent to an activating group) is 1. The number of phenols is 1. The monoisotopic (exact) mass is 439 g/mol. The van der Waals surface area contributed by atoms with Crippen molar-refractivity contribution < 1.29 is 19.7 Å². The molecule has 2 aliphatic heterocycles. The molecule has 7 rings (SSSR count). The number of fused-ring (bicyclic) bond motifs is 1. The molecule has 6 aliphatic rings. The van der Waals surface area contributed by atoms with Gasteiger partial charge < -0.3 is 24.6 Å². The van der Waals surface area contributed by atoms with Gasteiger partial charge in [-0.3, -0.25) is 0 Å². The molecule has 0 unspecified atom stereocenters. The minimum atomic E-state index is -0.873. The molecule has 4 aliphatic carbocycles. The van der Waals surface area contributed by atoms with Crippen LogP contribution >= 0.6 is 0 Å². The summed E-state index contributed by atoms with van der Waals surface area (Å²) >= 11 is 0. The predicted octanol–water partition coefficient (Wildman–Crippen LogP) is 3.94. The topological polar surface area (TPSA) is 62.2 Å². The molecule has 1 aromatic rings. The van der Waals surface area contributed by atoms with Gasteiger partial charge in [-0.2, -0.15) is 0 Å². The summed E-state index contributed by atoms with van der Waals surface area (Å²) in [5.74, 6) is 0.777. The van der Waals surface area contributed by atoms with Crippen LogP contribution in [0.15, 0.2) is 24.3 Å². The van der Waals surface area contributed by atoms with Gasteiger partial charge in [0.25, 0.3) is 0 Å². The molecular weight excluding hydrogens is 402 g/mol. The lowest BCUT2D eigenvalue weighted by molar-refractivity contribution is -0.286. The zero-order valence-corrected chi connectivity index (χ0v) is 20.1. The Morgan fingerprint density at radius 2 is 2.09 bits per heavy atom. The third-order valence-electron chi connectivity index (χ3n) is 10.5. The van der Waals surface area contributed by atoms with Crippen molar-refractivity contribution in [3.8, 4) is 11.5 Å². The number of hydrogen-bond acceptors (Lipinski definition) is 5. The van der Waals surface area contributed by atoms with Gasteiger partial charge in [-0.05, 0) is 64.8 Å². The molecule has 0 amide bonds. The maximum absolute atomic E-state index is 11.9. The van der Waals surface area contributed by atoms with Gasteiger partial charge in [-0.1, -0.05) is 38.0 Å². The Bertz CT molecular complexity index is 1020. The van der Waals surface area contributed by atoms with Crippen molar-refractivity contribution in [2.24, 2.45) is 11.3 Å². The average molecular weight is 440 g/mol. The third-order valence-corrected chi connectivity index (χ3v) is 10.5. The van der Waals surface area contributed by atoms with Crippen molar-refractivity contribution in [1.82, 2.24) is 4.90 Å². The first-order valence-electron chi connectivity index (χ1n) is 12.4. The number of aliphatic hydroxyl groups is 1. The van der Waals surface area contributed by atoms with Crippen LogP contribution in [0.4, 0.5) is 0 Å². The molecule has 2 heterocycles. The number of methoxy groups -OCH3 is 1. The van der Waals surface area contributed by atoms with Crippen LogP contribution < -0.4 is 4.74 Å². The molecule has 5 nitrogen and oxygen atoms in total. The van der Waals surface area contributed by atoms with E-state index in [0.717, 1.165) is 45.1 Å². The summed E-state index contributed by atoms with van der Waals surface area (Å²) in [4.78, 5) is 2.52. The molecule has 2 spiro atoms. The van der Waals surface area contributed by atoms with E-state index >= 15 is 0 Å². The first-order valence-corrected chi connectivity index (χ1v) is 12.4. The molecule has 1 saturated heterocycles. The largest absolute Gasteiger partial charge is 0.504 e. The van der Waals surface area contributed by atoms with Crippen molar-refractivity contribution in [3.63, 3.8) is 0 Å². The third kappa shape index (κ3) is 1.93. The lowest BCUT2D eigenvalue weighted by atomic mass is 9.32. The molecule has 2 N–H and O–H groups in total. The Morgan fingerprint density at radius 1 is 1.31 bits per heavy atom. The molecule has 1 aromatic carbocycles. The second-order valence-electron chi connectivity index (χ2n) is 11.5. The van der Waals surface area contributed by atoms with Crippen molar-refractivity contribution >= 4 is 0 Å². The summed E-state index contributed by atoms with van der Waals surface area (Å²) in [6.45, 7) is 7.37. The fourth-order valence-corrected chi connectivity index (χ4v) is 9.09. The molecule has 2 fully saturated rings. The number of rotatable bonds is 5. The summed E-state index contributed by atoms with van der Waals surface area (Å²) in [5.41, 5.74) is -0.290. The molecule has 5 heteroatoms. The Kier molecular flexibility index (Phi) is 4.01. The predicted molar refractivity (Wildman–Crippen MR) is 123 cm³/mol. The second-order valence-corrected chi connectivity index (χ2v) is 11.5. The Balaban J connectivity index is 1.66. The summed E-state index contributed by atoms with van der Waals surface area (Å²) in [6.07, 6.45) is 10.2. The highest BCUT2D eigenvalue weighted by Crippen LogP contribution is 2.79. The number of likely N-dealkylation sites (tertiary alicyclic amines) is 1. The van der Waals surface area contributed by atoms with E-state index in [1.165, 1.54) is 11.1 Å². The van der Waals surface area contributed by atoms with Gasteiger partial charge in [0.1, 0.15) is 11.2 Å². The Labute approximate surface area is 191 Å². The summed E-state index contributed by atoms with van der Waals surface area (Å²) in [6, 6.07) is 4.23. The highest BCUT2D eigenvalue weighted by molar-refractivity contribution is 5.67. The van der Waals surface area contributed by atoms with Gasteiger partial charge in [0.05, 0.1) is 11.0 Å². The number of nitrogens with zero attached hydrogens (tertiary/aromatic N) is 1. The highest BCUT2D eigenvalue weighted by Gasteiger charge is 2.85. The van der Waals surface area contributed by atoms with Crippen LogP contribution in [0, 0.1) is 11.3 Å². The molecule has 0 radical (unpaired) electrons. The minimum absolute atomic E-state index is 0.0957. The maximum Gasteiger partial charge on any atom is 0.166 e. The van der Waals surface area contributed by atoms with Gasteiger partial charge in [0.15, 0.2) is 11.5 Å². The Hall–Kier alpha value is -1.56. The Morgan fingerprint density at radius 3 is 2.81 bits per heavy atom. The van der Waals surface area contributed by atoms with Crippen molar-refractivity contribution in [1.29, 1.82) is 0 Å². The van der Waals surface area contributed by atoms with E-state index in [0.29, 0.717) is 11.8 Å². The number of phenolic OH excluding ortho intramolecular Hbond substituents is 1. The summed E-state index contributed by atoms with van der Waals surface area (Å²) < 4.78 is 13.4. The van der Waals surface area contributed by atoms with E-state index in [4.69, 9.17) is 9.47 Å².